The maximum Gasteiger partial charge on any atom is 0.422 e. The second kappa shape index (κ2) is 5.48. The third-order valence-corrected chi connectivity index (χ3v) is 3.34. The summed E-state index contributed by atoms with van der Waals surface area (Å²) in [6.45, 7) is -0.0314. The summed E-state index contributed by atoms with van der Waals surface area (Å²) in [6.07, 6.45) is -4.32. The number of ether oxygens (including phenoxy) is 2. The molecule has 0 aromatic heterocycles. The van der Waals surface area contributed by atoms with Crippen LogP contribution in [0.25, 0.3) is 0 Å². The lowest BCUT2D eigenvalue weighted by Gasteiger charge is -2.27. The molecule has 2 rings (SSSR count). The van der Waals surface area contributed by atoms with Gasteiger partial charge in [0, 0.05) is 16.8 Å². The molecular weight excluding hydrogens is 313 g/mol. The monoisotopic (exact) mass is 324 g/mol. The van der Waals surface area contributed by atoms with E-state index < -0.39 is 12.8 Å². The molecule has 1 heterocycles. The standard InChI is InChI=1S/C12H12BrF3O2/c13-4-9-2-1-8(10-5-17-6-10)3-11(9)18-7-12(14,15)16/h1-3,10H,4-7H2. The number of hydrogen-bond acceptors (Lipinski definition) is 2. The molecule has 0 amide bonds. The quantitative estimate of drug-likeness (QED) is 0.787. The maximum absolute atomic E-state index is 12.2. The van der Waals surface area contributed by atoms with E-state index in [2.05, 4.69) is 15.9 Å². The SMILES string of the molecule is FC(F)(F)COc1cc(C2COC2)ccc1CBr. The molecule has 100 valence electrons. The van der Waals surface area contributed by atoms with Gasteiger partial charge in [0.15, 0.2) is 6.61 Å². The predicted octanol–water partition coefficient (Wildman–Crippen LogP) is 3.64. The Morgan fingerprint density at radius 3 is 2.56 bits per heavy atom. The van der Waals surface area contributed by atoms with Crippen molar-refractivity contribution >= 4 is 15.9 Å². The van der Waals surface area contributed by atoms with E-state index in [0.717, 1.165) is 5.56 Å². The van der Waals surface area contributed by atoms with Crippen molar-refractivity contribution < 1.29 is 22.6 Å². The van der Waals surface area contributed by atoms with Gasteiger partial charge in [-0.05, 0) is 11.6 Å². The van der Waals surface area contributed by atoms with E-state index in [9.17, 15) is 13.2 Å². The first kappa shape index (κ1) is 13.7. The van der Waals surface area contributed by atoms with Gasteiger partial charge in [0.2, 0.25) is 0 Å². The van der Waals surface area contributed by atoms with E-state index in [4.69, 9.17) is 9.47 Å². The first-order valence-corrected chi connectivity index (χ1v) is 6.58. The van der Waals surface area contributed by atoms with Crippen LogP contribution in [0.4, 0.5) is 13.2 Å². The summed E-state index contributed by atoms with van der Waals surface area (Å²) >= 11 is 3.24. The second-order valence-electron chi connectivity index (χ2n) is 4.14. The van der Waals surface area contributed by atoms with Crippen LogP contribution in [0.1, 0.15) is 17.0 Å². The summed E-state index contributed by atoms with van der Waals surface area (Å²) in [6, 6.07) is 5.37. The van der Waals surface area contributed by atoms with Crippen LogP contribution in [0.15, 0.2) is 18.2 Å². The minimum Gasteiger partial charge on any atom is -0.484 e. The van der Waals surface area contributed by atoms with Gasteiger partial charge >= 0.3 is 6.18 Å². The van der Waals surface area contributed by atoms with Crippen LogP contribution < -0.4 is 4.74 Å². The smallest absolute Gasteiger partial charge is 0.422 e. The zero-order chi connectivity index (χ0) is 13.2. The third-order valence-electron chi connectivity index (χ3n) is 2.74. The summed E-state index contributed by atoms with van der Waals surface area (Å²) in [7, 11) is 0. The Bertz CT molecular complexity index is 416. The molecule has 1 aliphatic heterocycles. The Morgan fingerprint density at radius 2 is 2.06 bits per heavy atom. The lowest BCUT2D eigenvalue weighted by molar-refractivity contribution is -0.153. The topological polar surface area (TPSA) is 18.5 Å². The Labute approximate surface area is 111 Å². The van der Waals surface area contributed by atoms with Crippen LogP contribution in [0.5, 0.6) is 5.75 Å². The molecule has 0 bridgehead atoms. The minimum absolute atomic E-state index is 0.266. The predicted molar refractivity (Wildman–Crippen MR) is 64.2 cm³/mol. The fourth-order valence-corrected chi connectivity index (χ4v) is 2.12. The van der Waals surface area contributed by atoms with Crippen LogP contribution in [0.2, 0.25) is 0 Å². The molecule has 0 saturated carbocycles. The summed E-state index contributed by atoms with van der Waals surface area (Å²) in [5.74, 6) is 0.552. The van der Waals surface area contributed by atoms with Gasteiger partial charge in [-0.3, -0.25) is 0 Å². The molecule has 6 heteroatoms. The largest absolute Gasteiger partial charge is 0.484 e. The van der Waals surface area contributed by atoms with Gasteiger partial charge in [0.05, 0.1) is 13.2 Å². The van der Waals surface area contributed by atoms with Gasteiger partial charge in [-0.1, -0.05) is 28.1 Å². The molecule has 1 fully saturated rings. The van der Waals surface area contributed by atoms with Crippen molar-refractivity contribution in [1.29, 1.82) is 0 Å². The Balaban J connectivity index is 2.14. The molecule has 2 nitrogen and oxygen atoms in total. The van der Waals surface area contributed by atoms with E-state index >= 15 is 0 Å². The van der Waals surface area contributed by atoms with Crippen molar-refractivity contribution in [2.75, 3.05) is 19.8 Å². The normalized spacial score (nSPS) is 16.4. The van der Waals surface area contributed by atoms with Crippen molar-refractivity contribution in [3.63, 3.8) is 0 Å². The van der Waals surface area contributed by atoms with E-state index in [1.54, 1.807) is 12.1 Å². The van der Waals surface area contributed by atoms with E-state index in [1.165, 1.54) is 0 Å². The number of rotatable bonds is 4. The highest BCUT2D eigenvalue weighted by Crippen LogP contribution is 2.31. The average Bonchev–Trinajstić information content (AvgIpc) is 2.23. The first-order chi connectivity index (χ1) is 8.49. The summed E-state index contributed by atoms with van der Waals surface area (Å²) in [5.41, 5.74) is 1.67. The van der Waals surface area contributed by atoms with Crippen LogP contribution in [-0.2, 0) is 10.1 Å². The maximum atomic E-state index is 12.2. The molecular formula is C12H12BrF3O2. The van der Waals surface area contributed by atoms with Gasteiger partial charge < -0.3 is 9.47 Å². The van der Waals surface area contributed by atoms with Gasteiger partial charge in [-0.25, -0.2) is 0 Å². The van der Waals surface area contributed by atoms with Crippen molar-refractivity contribution in [1.82, 2.24) is 0 Å². The molecule has 0 spiro atoms. The van der Waals surface area contributed by atoms with Crippen molar-refractivity contribution in [3.05, 3.63) is 29.3 Å². The van der Waals surface area contributed by atoms with Gasteiger partial charge in [0.25, 0.3) is 0 Å². The first-order valence-electron chi connectivity index (χ1n) is 5.45. The molecule has 0 N–H and O–H groups in total. The zero-order valence-corrected chi connectivity index (χ0v) is 11.1. The number of alkyl halides is 4. The lowest BCUT2D eigenvalue weighted by atomic mass is 9.96. The molecule has 1 saturated heterocycles. The Hall–Kier alpha value is -0.750. The molecule has 18 heavy (non-hydrogen) atoms. The molecule has 0 unspecified atom stereocenters. The Morgan fingerprint density at radius 1 is 1.33 bits per heavy atom. The van der Waals surface area contributed by atoms with Crippen LogP contribution >= 0.6 is 15.9 Å². The highest BCUT2D eigenvalue weighted by atomic mass is 79.9. The van der Waals surface area contributed by atoms with Crippen molar-refractivity contribution in [2.24, 2.45) is 0 Å². The van der Waals surface area contributed by atoms with Gasteiger partial charge in [-0.15, -0.1) is 0 Å². The minimum atomic E-state index is -4.32. The fourth-order valence-electron chi connectivity index (χ4n) is 1.66. The highest BCUT2D eigenvalue weighted by Gasteiger charge is 2.29. The van der Waals surface area contributed by atoms with Crippen LogP contribution in [0.3, 0.4) is 0 Å². The summed E-state index contributed by atoms with van der Waals surface area (Å²) in [4.78, 5) is 0. The van der Waals surface area contributed by atoms with Gasteiger partial charge in [0.1, 0.15) is 5.75 Å². The van der Waals surface area contributed by atoms with Crippen molar-refractivity contribution in [3.8, 4) is 5.75 Å². The number of halogens is 4. The number of hydrogen-bond donors (Lipinski definition) is 0. The molecule has 1 aliphatic rings. The van der Waals surface area contributed by atoms with E-state index in [-0.39, 0.29) is 11.7 Å². The molecule has 0 radical (unpaired) electrons. The molecule has 0 atom stereocenters. The number of benzene rings is 1. The van der Waals surface area contributed by atoms with Crippen molar-refractivity contribution in [2.45, 2.75) is 17.4 Å². The van der Waals surface area contributed by atoms with Crippen LogP contribution in [0, 0.1) is 0 Å². The van der Waals surface area contributed by atoms with E-state index in [1.807, 2.05) is 6.07 Å². The Kier molecular flexibility index (Phi) is 4.17. The molecule has 1 aromatic carbocycles. The third kappa shape index (κ3) is 3.38. The van der Waals surface area contributed by atoms with Gasteiger partial charge in [-0.2, -0.15) is 13.2 Å². The lowest BCUT2D eigenvalue weighted by Crippen LogP contribution is -2.25. The average molecular weight is 325 g/mol. The van der Waals surface area contributed by atoms with Crippen LogP contribution in [-0.4, -0.2) is 26.0 Å². The highest BCUT2D eigenvalue weighted by molar-refractivity contribution is 9.08. The summed E-state index contributed by atoms with van der Waals surface area (Å²) in [5, 5.41) is 0.460. The fraction of sp³-hybridized carbons (Fsp3) is 0.500. The van der Waals surface area contributed by atoms with E-state index in [0.29, 0.717) is 24.1 Å². The summed E-state index contributed by atoms with van der Waals surface area (Å²) < 4.78 is 46.4. The second-order valence-corrected chi connectivity index (χ2v) is 4.70. The zero-order valence-electron chi connectivity index (χ0n) is 9.47. The molecule has 0 aliphatic carbocycles. The molecule has 1 aromatic rings.